The number of esters is 1. The molecular formula is C22H25NO7. The lowest BCUT2D eigenvalue weighted by molar-refractivity contribution is -0.163. The van der Waals surface area contributed by atoms with E-state index in [-0.39, 0.29) is 44.7 Å². The number of amides is 1. The molecule has 2 aliphatic heterocycles. The van der Waals surface area contributed by atoms with Crippen LogP contribution in [0.15, 0.2) is 30.0 Å². The highest BCUT2D eigenvalue weighted by Gasteiger charge is 2.54. The molecule has 1 aromatic rings. The Balaban J connectivity index is 1.72. The number of carbonyl (C=O) groups is 3. The highest BCUT2D eigenvalue weighted by Crippen LogP contribution is 2.50. The fraction of sp³-hybridized carbons (Fsp3) is 0.500. The van der Waals surface area contributed by atoms with Gasteiger partial charge in [-0.15, -0.1) is 0 Å². The van der Waals surface area contributed by atoms with E-state index in [4.69, 9.17) is 14.2 Å². The summed E-state index contributed by atoms with van der Waals surface area (Å²) in [6.07, 6.45) is 3.87. The molecule has 3 aliphatic rings. The summed E-state index contributed by atoms with van der Waals surface area (Å²) in [5.41, 5.74) is 0.461. The van der Waals surface area contributed by atoms with Crippen LogP contribution in [0.2, 0.25) is 0 Å². The maximum Gasteiger partial charge on any atom is 0.318 e. The number of hydrogen-bond donors (Lipinski definition) is 1. The van der Waals surface area contributed by atoms with Crippen molar-refractivity contribution in [3.63, 3.8) is 0 Å². The van der Waals surface area contributed by atoms with Gasteiger partial charge in [0.25, 0.3) is 0 Å². The van der Waals surface area contributed by atoms with Gasteiger partial charge >= 0.3 is 11.9 Å². The predicted octanol–water partition coefficient (Wildman–Crippen LogP) is 2.86. The van der Waals surface area contributed by atoms with Crippen LogP contribution in [0, 0.1) is 11.3 Å². The lowest BCUT2D eigenvalue weighted by Crippen LogP contribution is -2.53. The van der Waals surface area contributed by atoms with Crippen molar-refractivity contribution in [3.05, 3.63) is 35.5 Å². The van der Waals surface area contributed by atoms with E-state index in [0.717, 1.165) is 18.4 Å². The average molecular weight is 415 g/mol. The van der Waals surface area contributed by atoms with Gasteiger partial charge in [-0.05, 0) is 50.3 Å². The molecule has 4 rings (SSSR count). The molecular weight excluding hydrogens is 390 g/mol. The van der Waals surface area contributed by atoms with E-state index < -0.39 is 17.3 Å². The van der Waals surface area contributed by atoms with Crippen molar-refractivity contribution in [2.75, 3.05) is 13.4 Å². The van der Waals surface area contributed by atoms with Gasteiger partial charge in [0.05, 0.1) is 25.5 Å². The Labute approximate surface area is 174 Å². The van der Waals surface area contributed by atoms with Crippen molar-refractivity contribution in [3.8, 4) is 11.5 Å². The number of carbonyl (C=O) groups excluding carboxylic acids is 2. The van der Waals surface area contributed by atoms with Crippen LogP contribution in [-0.4, -0.2) is 41.3 Å². The van der Waals surface area contributed by atoms with Crippen LogP contribution in [0.3, 0.4) is 0 Å². The average Bonchev–Trinajstić information content (AvgIpc) is 3.18. The molecule has 1 N–H and O–H groups in total. The zero-order valence-corrected chi connectivity index (χ0v) is 16.9. The van der Waals surface area contributed by atoms with Crippen LogP contribution < -0.4 is 9.47 Å². The van der Waals surface area contributed by atoms with Gasteiger partial charge in [0, 0.05) is 5.70 Å². The number of carboxylic acid groups (broad SMARTS) is 1. The number of allylic oxidation sites excluding steroid dienone is 1. The lowest BCUT2D eigenvalue weighted by atomic mass is 9.66. The summed E-state index contributed by atoms with van der Waals surface area (Å²) in [4.78, 5) is 39.4. The quantitative estimate of drug-likeness (QED) is 0.713. The molecule has 1 fully saturated rings. The van der Waals surface area contributed by atoms with Crippen LogP contribution in [0.1, 0.15) is 44.6 Å². The van der Waals surface area contributed by atoms with Gasteiger partial charge in [-0.2, -0.15) is 0 Å². The molecule has 8 nitrogen and oxygen atoms in total. The summed E-state index contributed by atoms with van der Waals surface area (Å²) in [6.45, 7) is 2.35. The molecule has 0 bridgehead atoms. The maximum absolute atomic E-state index is 13.3. The lowest BCUT2D eigenvalue weighted by Gasteiger charge is -2.47. The standard InChI is InChI=1S/C22H25NO7/c1-2-28-21(27)22-8-4-3-5-18(22)23(20(26)15(11-22)10-19(24)25)12-14-6-7-16-17(9-14)30-13-29-16/h5-7,9,15H,2-4,8,10-13H2,1H3,(H,24,25)/t15-,22-/m0/s1. The van der Waals surface area contributed by atoms with E-state index in [1.165, 1.54) is 0 Å². The minimum Gasteiger partial charge on any atom is -0.481 e. The summed E-state index contributed by atoms with van der Waals surface area (Å²) in [5.74, 6) is -1.24. The summed E-state index contributed by atoms with van der Waals surface area (Å²) >= 11 is 0. The summed E-state index contributed by atoms with van der Waals surface area (Å²) in [6, 6.07) is 5.44. The molecule has 2 heterocycles. The number of rotatable bonds is 6. The molecule has 0 radical (unpaired) electrons. The van der Waals surface area contributed by atoms with Crippen LogP contribution in [0.25, 0.3) is 0 Å². The number of carboxylic acids is 1. The molecule has 0 aromatic heterocycles. The van der Waals surface area contributed by atoms with E-state index >= 15 is 0 Å². The van der Waals surface area contributed by atoms with Crippen molar-refractivity contribution >= 4 is 17.8 Å². The second-order valence-corrected chi connectivity index (χ2v) is 7.90. The molecule has 1 saturated heterocycles. The Kier molecular flexibility index (Phi) is 5.40. The van der Waals surface area contributed by atoms with Gasteiger partial charge in [-0.25, -0.2) is 0 Å². The number of fused-ring (bicyclic) bond motifs is 2. The van der Waals surface area contributed by atoms with Crippen LogP contribution in [0.4, 0.5) is 0 Å². The van der Waals surface area contributed by atoms with Gasteiger partial charge in [0.15, 0.2) is 11.5 Å². The van der Waals surface area contributed by atoms with Crippen molar-refractivity contribution in [1.82, 2.24) is 4.90 Å². The number of likely N-dealkylation sites (tertiary alicyclic amines) is 1. The number of piperidine rings is 1. The summed E-state index contributed by atoms with van der Waals surface area (Å²) < 4.78 is 16.2. The minimum atomic E-state index is -1.06. The van der Waals surface area contributed by atoms with Gasteiger partial charge in [0.2, 0.25) is 12.7 Å². The third kappa shape index (κ3) is 3.51. The molecule has 2 atom stereocenters. The molecule has 0 saturated carbocycles. The normalized spacial score (nSPS) is 24.8. The first-order valence-electron chi connectivity index (χ1n) is 10.2. The molecule has 0 spiro atoms. The Morgan fingerprint density at radius 1 is 1.30 bits per heavy atom. The van der Waals surface area contributed by atoms with E-state index in [1.54, 1.807) is 17.9 Å². The third-order valence-corrected chi connectivity index (χ3v) is 6.00. The van der Waals surface area contributed by atoms with E-state index in [2.05, 4.69) is 0 Å². The van der Waals surface area contributed by atoms with Crippen molar-refractivity contribution in [2.45, 2.75) is 45.6 Å². The second kappa shape index (κ2) is 8.01. The smallest absolute Gasteiger partial charge is 0.318 e. The number of benzene rings is 1. The predicted molar refractivity (Wildman–Crippen MR) is 104 cm³/mol. The summed E-state index contributed by atoms with van der Waals surface area (Å²) in [5, 5.41) is 9.36. The van der Waals surface area contributed by atoms with Gasteiger partial charge in [0.1, 0.15) is 5.41 Å². The van der Waals surface area contributed by atoms with E-state index in [1.807, 2.05) is 18.2 Å². The first kappa shape index (κ1) is 20.3. The zero-order valence-electron chi connectivity index (χ0n) is 16.9. The number of ether oxygens (including phenoxy) is 3. The van der Waals surface area contributed by atoms with Gasteiger partial charge in [-0.3, -0.25) is 14.4 Å². The first-order chi connectivity index (χ1) is 14.4. The van der Waals surface area contributed by atoms with Crippen molar-refractivity contribution in [2.24, 2.45) is 11.3 Å². The molecule has 160 valence electrons. The van der Waals surface area contributed by atoms with Crippen molar-refractivity contribution < 1.29 is 33.7 Å². The van der Waals surface area contributed by atoms with Crippen LogP contribution >= 0.6 is 0 Å². The largest absolute Gasteiger partial charge is 0.481 e. The zero-order chi connectivity index (χ0) is 21.3. The highest BCUT2D eigenvalue weighted by molar-refractivity contribution is 5.91. The molecule has 1 aromatic carbocycles. The van der Waals surface area contributed by atoms with E-state index in [9.17, 15) is 19.5 Å². The fourth-order valence-corrected chi connectivity index (χ4v) is 4.70. The number of hydrogen-bond acceptors (Lipinski definition) is 6. The van der Waals surface area contributed by atoms with Crippen LogP contribution in [-0.2, 0) is 25.7 Å². The Hall–Kier alpha value is -3.03. The van der Waals surface area contributed by atoms with E-state index in [0.29, 0.717) is 23.6 Å². The Morgan fingerprint density at radius 2 is 2.10 bits per heavy atom. The molecule has 8 heteroatoms. The topological polar surface area (TPSA) is 102 Å². The monoisotopic (exact) mass is 415 g/mol. The van der Waals surface area contributed by atoms with Gasteiger partial charge < -0.3 is 24.2 Å². The Bertz CT molecular complexity index is 909. The molecule has 0 unspecified atom stereocenters. The van der Waals surface area contributed by atoms with Gasteiger partial charge in [-0.1, -0.05) is 12.1 Å². The molecule has 1 aliphatic carbocycles. The first-order valence-corrected chi connectivity index (χ1v) is 10.2. The summed E-state index contributed by atoms with van der Waals surface area (Å²) in [7, 11) is 0. The van der Waals surface area contributed by atoms with Crippen LogP contribution in [0.5, 0.6) is 11.5 Å². The molecule has 30 heavy (non-hydrogen) atoms. The molecule has 1 amide bonds. The third-order valence-electron chi connectivity index (χ3n) is 6.00. The van der Waals surface area contributed by atoms with Crippen molar-refractivity contribution in [1.29, 1.82) is 0 Å². The number of aliphatic carboxylic acids is 1. The maximum atomic E-state index is 13.3. The highest BCUT2D eigenvalue weighted by atomic mass is 16.7. The number of nitrogens with zero attached hydrogens (tertiary/aromatic N) is 1. The second-order valence-electron chi connectivity index (χ2n) is 7.90. The Morgan fingerprint density at radius 3 is 2.87 bits per heavy atom. The minimum absolute atomic E-state index is 0.152. The SMILES string of the molecule is CCOC(=O)[C@]12CCCC=C1N(Cc1ccc3c(c1)OCO3)C(=O)[C@@H](CC(=O)O)C2. The fourth-order valence-electron chi connectivity index (χ4n) is 4.70.